The van der Waals surface area contributed by atoms with E-state index in [0.717, 1.165) is 36.6 Å². The van der Waals surface area contributed by atoms with Gasteiger partial charge in [0.05, 0.1) is 19.9 Å². The molecule has 28 heavy (non-hydrogen) atoms. The van der Waals surface area contributed by atoms with Gasteiger partial charge in [-0.15, -0.1) is 0 Å². The van der Waals surface area contributed by atoms with Gasteiger partial charge in [-0.3, -0.25) is 4.90 Å². The van der Waals surface area contributed by atoms with Crippen molar-refractivity contribution in [3.8, 4) is 17.1 Å². The molecule has 0 unspecified atom stereocenters. The Morgan fingerprint density at radius 3 is 2.57 bits per heavy atom. The van der Waals surface area contributed by atoms with Gasteiger partial charge < -0.3 is 18.8 Å². The summed E-state index contributed by atoms with van der Waals surface area (Å²) in [5.74, 6) is 2.22. The molecule has 1 aliphatic heterocycles. The molecule has 0 N–H and O–H groups in total. The third-order valence-electron chi connectivity index (χ3n) is 4.53. The zero-order valence-electron chi connectivity index (χ0n) is 17.1. The number of hydrogen-bond donors (Lipinski definition) is 0. The van der Waals surface area contributed by atoms with Gasteiger partial charge in [0.1, 0.15) is 11.4 Å². The molecule has 1 aliphatic rings. The lowest BCUT2D eigenvalue weighted by Crippen LogP contribution is -2.39. The van der Waals surface area contributed by atoms with E-state index in [1.807, 2.05) is 45.0 Å². The van der Waals surface area contributed by atoms with Crippen LogP contribution < -0.4 is 4.74 Å². The van der Waals surface area contributed by atoms with Crippen molar-refractivity contribution in [1.82, 2.24) is 14.8 Å². The van der Waals surface area contributed by atoms with E-state index in [4.69, 9.17) is 13.9 Å². The average molecular weight is 387 g/mol. The number of aromatic nitrogens is 1. The maximum atomic E-state index is 12.3. The van der Waals surface area contributed by atoms with Crippen molar-refractivity contribution in [3.05, 3.63) is 36.4 Å². The molecule has 7 heteroatoms. The monoisotopic (exact) mass is 387 g/mol. The molecule has 0 atom stereocenters. The lowest BCUT2D eigenvalue weighted by molar-refractivity contribution is 0.0257. The van der Waals surface area contributed by atoms with Crippen LogP contribution in [0.25, 0.3) is 11.3 Å². The standard InChI is InChI=1S/C21H29N3O4/c1-21(2,3)28-20(25)24-11-5-10-23(12-13-24)15-19-22-14-18(27-19)16-6-8-17(26-4)9-7-16/h6-9,14H,5,10-13,15H2,1-4H3. The lowest BCUT2D eigenvalue weighted by Gasteiger charge is -2.26. The molecule has 3 rings (SSSR count). The van der Waals surface area contributed by atoms with E-state index in [1.54, 1.807) is 18.2 Å². The van der Waals surface area contributed by atoms with Crippen LogP contribution in [0.3, 0.4) is 0 Å². The molecule has 1 aromatic heterocycles. The Hall–Kier alpha value is -2.54. The Morgan fingerprint density at radius 1 is 1.14 bits per heavy atom. The second-order valence-corrected chi connectivity index (χ2v) is 7.94. The summed E-state index contributed by atoms with van der Waals surface area (Å²) in [7, 11) is 1.65. The first-order chi connectivity index (χ1) is 13.3. The van der Waals surface area contributed by atoms with E-state index in [9.17, 15) is 4.79 Å². The molecule has 0 aliphatic carbocycles. The van der Waals surface area contributed by atoms with Gasteiger partial charge >= 0.3 is 6.09 Å². The number of hydrogen-bond acceptors (Lipinski definition) is 6. The van der Waals surface area contributed by atoms with Gasteiger partial charge in [-0.25, -0.2) is 9.78 Å². The summed E-state index contributed by atoms with van der Waals surface area (Å²) in [5.41, 5.74) is 0.491. The highest BCUT2D eigenvalue weighted by molar-refractivity contribution is 5.68. The fourth-order valence-corrected chi connectivity index (χ4v) is 3.10. The van der Waals surface area contributed by atoms with Gasteiger partial charge in [0, 0.05) is 31.7 Å². The molecule has 0 spiro atoms. The van der Waals surface area contributed by atoms with Crippen LogP contribution in [0, 0.1) is 0 Å². The molecule has 152 valence electrons. The van der Waals surface area contributed by atoms with Crippen LogP contribution in [0.2, 0.25) is 0 Å². The number of carbonyl (C=O) groups excluding carboxylic acids is 1. The number of oxazole rings is 1. The van der Waals surface area contributed by atoms with Gasteiger partial charge in [0.15, 0.2) is 5.76 Å². The maximum absolute atomic E-state index is 12.3. The minimum Gasteiger partial charge on any atom is -0.497 e. The zero-order valence-corrected chi connectivity index (χ0v) is 17.1. The van der Waals surface area contributed by atoms with Crippen LogP contribution in [0.15, 0.2) is 34.9 Å². The molecule has 2 heterocycles. The van der Waals surface area contributed by atoms with E-state index in [2.05, 4.69) is 9.88 Å². The highest BCUT2D eigenvalue weighted by Gasteiger charge is 2.25. The Bertz CT molecular complexity index is 780. The third-order valence-corrected chi connectivity index (χ3v) is 4.53. The third kappa shape index (κ3) is 5.48. The van der Waals surface area contributed by atoms with E-state index < -0.39 is 5.60 Å². The van der Waals surface area contributed by atoms with Gasteiger partial charge in [-0.1, -0.05) is 0 Å². The predicted molar refractivity (Wildman–Crippen MR) is 106 cm³/mol. The minimum absolute atomic E-state index is 0.243. The molecule has 7 nitrogen and oxygen atoms in total. The van der Waals surface area contributed by atoms with Gasteiger partial charge in [0.2, 0.25) is 5.89 Å². The first kappa shape index (κ1) is 20.2. The van der Waals surface area contributed by atoms with Gasteiger partial charge in [-0.2, -0.15) is 0 Å². The molecule has 1 aromatic carbocycles. The largest absolute Gasteiger partial charge is 0.497 e. The predicted octanol–water partition coefficient (Wildman–Crippen LogP) is 3.79. The van der Waals surface area contributed by atoms with Crippen LogP contribution in [-0.2, 0) is 11.3 Å². The number of carbonyl (C=O) groups is 1. The smallest absolute Gasteiger partial charge is 0.410 e. The second-order valence-electron chi connectivity index (χ2n) is 7.94. The molecule has 1 saturated heterocycles. The highest BCUT2D eigenvalue weighted by Crippen LogP contribution is 2.23. The maximum Gasteiger partial charge on any atom is 0.410 e. The fourth-order valence-electron chi connectivity index (χ4n) is 3.10. The molecule has 0 radical (unpaired) electrons. The quantitative estimate of drug-likeness (QED) is 0.795. The van der Waals surface area contributed by atoms with Gasteiger partial charge in [-0.05, 0) is 51.5 Å². The van der Waals surface area contributed by atoms with E-state index in [0.29, 0.717) is 25.5 Å². The average Bonchev–Trinajstić information content (AvgIpc) is 2.98. The Morgan fingerprint density at radius 2 is 1.89 bits per heavy atom. The summed E-state index contributed by atoms with van der Waals surface area (Å²) in [6.45, 7) is 9.28. The van der Waals surface area contributed by atoms with Crippen molar-refractivity contribution >= 4 is 6.09 Å². The van der Waals surface area contributed by atoms with Crippen LogP contribution in [0.4, 0.5) is 4.79 Å². The van der Waals surface area contributed by atoms with E-state index in [-0.39, 0.29) is 6.09 Å². The molecular weight excluding hydrogens is 358 g/mol. The number of nitrogens with zero attached hydrogens (tertiary/aromatic N) is 3. The molecule has 0 bridgehead atoms. The Balaban J connectivity index is 1.56. The van der Waals surface area contributed by atoms with Crippen molar-refractivity contribution in [2.75, 3.05) is 33.3 Å². The topological polar surface area (TPSA) is 68.0 Å². The summed E-state index contributed by atoms with van der Waals surface area (Å²) < 4.78 is 16.6. The molecule has 2 aromatic rings. The SMILES string of the molecule is COc1ccc(-c2cnc(CN3CCCN(C(=O)OC(C)(C)C)CC3)o2)cc1. The Labute approximate surface area is 166 Å². The van der Waals surface area contributed by atoms with E-state index in [1.165, 1.54) is 0 Å². The summed E-state index contributed by atoms with van der Waals surface area (Å²) in [4.78, 5) is 20.7. The van der Waals surface area contributed by atoms with Crippen molar-refractivity contribution < 1.29 is 18.7 Å². The molecule has 1 amide bonds. The van der Waals surface area contributed by atoms with Crippen LogP contribution in [0.5, 0.6) is 5.75 Å². The number of amides is 1. The van der Waals surface area contributed by atoms with Crippen molar-refractivity contribution in [2.24, 2.45) is 0 Å². The summed E-state index contributed by atoms with van der Waals surface area (Å²) >= 11 is 0. The zero-order chi connectivity index (χ0) is 20.1. The van der Waals surface area contributed by atoms with Crippen molar-refractivity contribution in [3.63, 3.8) is 0 Å². The normalized spacial score (nSPS) is 15.9. The lowest BCUT2D eigenvalue weighted by atomic mass is 10.2. The fraction of sp³-hybridized carbons (Fsp3) is 0.524. The van der Waals surface area contributed by atoms with Crippen LogP contribution in [-0.4, -0.2) is 59.8 Å². The molecule has 0 saturated carbocycles. The Kier molecular flexibility index (Phi) is 6.24. The number of rotatable bonds is 4. The first-order valence-electron chi connectivity index (χ1n) is 9.63. The van der Waals surface area contributed by atoms with Crippen molar-refractivity contribution in [1.29, 1.82) is 0 Å². The number of benzene rings is 1. The number of ether oxygens (including phenoxy) is 2. The summed E-state index contributed by atoms with van der Waals surface area (Å²) in [6, 6.07) is 7.71. The summed E-state index contributed by atoms with van der Waals surface area (Å²) in [6.07, 6.45) is 2.40. The first-order valence-corrected chi connectivity index (χ1v) is 9.63. The minimum atomic E-state index is -0.473. The van der Waals surface area contributed by atoms with Crippen LogP contribution >= 0.6 is 0 Å². The van der Waals surface area contributed by atoms with Gasteiger partial charge in [0.25, 0.3) is 0 Å². The number of methoxy groups -OCH3 is 1. The second kappa shape index (κ2) is 8.65. The van der Waals surface area contributed by atoms with Crippen LogP contribution in [0.1, 0.15) is 33.1 Å². The van der Waals surface area contributed by atoms with Crippen molar-refractivity contribution in [2.45, 2.75) is 39.3 Å². The summed E-state index contributed by atoms with van der Waals surface area (Å²) in [5, 5.41) is 0. The molecule has 1 fully saturated rings. The highest BCUT2D eigenvalue weighted by atomic mass is 16.6. The van der Waals surface area contributed by atoms with E-state index >= 15 is 0 Å². The molecular formula is C21H29N3O4.